The van der Waals surface area contributed by atoms with Gasteiger partial charge in [0.2, 0.25) is 5.91 Å². The van der Waals surface area contributed by atoms with Gasteiger partial charge in [-0.2, -0.15) is 0 Å². The molecule has 13 heavy (non-hydrogen) atoms. The molecule has 0 spiro atoms. The van der Waals surface area contributed by atoms with Crippen LogP contribution in [0.1, 0.15) is 13.8 Å². The van der Waals surface area contributed by atoms with E-state index in [9.17, 15) is 14.7 Å². The lowest BCUT2D eigenvalue weighted by atomic mass is 10.0. The third-order valence-corrected chi connectivity index (χ3v) is 1.41. The highest BCUT2D eigenvalue weighted by Gasteiger charge is 2.22. The fourth-order valence-electron chi connectivity index (χ4n) is 0.557. The Morgan fingerprint density at radius 2 is 1.92 bits per heavy atom. The lowest BCUT2D eigenvalue weighted by molar-refractivity contribution is -0.133. The summed E-state index contributed by atoms with van der Waals surface area (Å²) in [5.41, 5.74) is 0.533. The second-order valence-corrected chi connectivity index (χ2v) is 3.15. The monoisotopic (exact) mass is 189 g/mol. The first-order valence-electron chi connectivity index (χ1n) is 3.83. The van der Waals surface area contributed by atoms with E-state index < -0.39 is 11.5 Å². The molecule has 0 fully saturated rings. The van der Waals surface area contributed by atoms with Gasteiger partial charge in [-0.15, -0.1) is 0 Å². The van der Waals surface area contributed by atoms with Crippen LogP contribution in [0.5, 0.6) is 0 Å². The Morgan fingerprint density at radius 1 is 1.38 bits per heavy atom. The highest BCUT2D eigenvalue weighted by Crippen LogP contribution is 2.00. The van der Waals surface area contributed by atoms with Gasteiger partial charge in [0.1, 0.15) is 5.60 Å². The molecule has 76 valence electrons. The van der Waals surface area contributed by atoms with E-state index in [1.807, 2.05) is 5.43 Å². The first-order valence-corrected chi connectivity index (χ1v) is 3.83. The minimum atomic E-state index is -1.37. The van der Waals surface area contributed by atoms with Crippen LogP contribution in [-0.4, -0.2) is 35.5 Å². The number of carbonyl (C=O) groups is 2. The quantitative estimate of drug-likeness (QED) is 0.225. The molecule has 0 saturated heterocycles. The maximum absolute atomic E-state index is 11.1. The van der Waals surface area contributed by atoms with Crippen molar-refractivity contribution in [3.63, 3.8) is 0 Å². The van der Waals surface area contributed by atoms with Crippen LogP contribution in [0.2, 0.25) is 0 Å². The smallest absolute Gasteiger partial charge is 0.247 e. The van der Waals surface area contributed by atoms with Crippen LogP contribution in [0, 0.1) is 0 Å². The molecule has 6 heteroatoms. The predicted molar refractivity (Wildman–Crippen MR) is 46.5 cm³/mol. The second-order valence-electron chi connectivity index (χ2n) is 3.15. The number of ketones is 1. The summed E-state index contributed by atoms with van der Waals surface area (Å²) < 4.78 is 0. The SMILES string of the molecule is CC(C)(O)C(=O)CNCC(=O)NN. The number of aliphatic hydroxyl groups is 1. The summed E-state index contributed by atoms with van der Waals surface area (Å²) in [7, 11) is 0. The number of Topliss-reactive ketones (excluding diaryl/α,β-unsaturated/α-hetero) is 1. The molecule has 0 radical (unpaired) electrons. The van der Waals surface area contributed by atoms with Gasteiger partial charge in [0.15, 0.2) is 5.78 Å². The number of nitrogens with two attached hydrogens (primary N) is 1. The van der Waals surface area contributed by atoms with E-state index in [0.717, 1.165) is 0 Å². The molecule has 0 aliphatic carbocycles. The number of nitrogens with one attached hydrogen (secondary N) is 2. The molecule has 0 aromatic carbocycles. The normalized spacial score (nSPS) is 11.1. The van der Waals surface area contributed by atoms with E-state index in [1.165, 1.54) is 13.8 Å². The number of hydrogen-bond acceptors (Lipinski definition) is 5. The van der Waals surface area contributed by atoms with Gasteiger partial charge < -0.3 is 10.4 Å². The van der Waals surface area contributed by atoms with Gasteiger partial charge >= 0.3 is 0 Å². The fraction of sp³-hybridized carbons (Fsp3) is 0.714. The van der Waals surface area contributed by atoms with Gasteiger partial charge in [-0.25, -0.2) is 5.84 Å². The Bertz CT molecular complexity index is 198. The van der Waals surface area contributed by atoms with Crippen LogP contribution in [0.4, 0.5) is 0 Å². The highest BCUT2D eigenvalue weighted by atomic mass is 16.3. The summed E-state index contributed by atoms with van der Waals surface area (Å²) in [6, 6.07) is 0. The molecule has 0 unspecified atom stereocenters. The van der Waals surface area contributed by atoms with Crippen molar-refractivity contribution in [2.24, 2.45) is 5.84 Å². The van der Waals surface area contributed by atoms with Crippen molar-refractivity contribution in [2.75, 3.05) is 13.1 Å². The third kappa shape index (κ3) is 5.29. The largest absolute Gasteiger partial charge is 0.383 e. The fourth-order valence-corrected chi connectivity index (χ4v) is 0.557. The lowest BCUT2D eigenvalue weighted by Gasteiger charge is -2.15. The summed E-state index contributed by atoms with van der Waals surface area (Å²) in [5, 5.41) is 11.7. The molecule has 1 amide bonds. The molecule has 0 aliphatic rings. The zero-order chi connectivity index (χ0) is 10.5. The Hall–Kier alpha value is -0.980. The van der Waals surface area contributed by atoms with E-state index in [-0.39, 0.29) is 18.9 Å². The zero-order valence-corrected chi connectivity index (χ0v) is 7.76. The van der Waals surface area contributed by atoms with Gasteiger partial charge in [-0.3, -0.25) is 15.0 Å². The molecule has 0 saturated carbocycles. The predicted octanol–water partition coefficient (Wildman–Crippen LogP) is -2.09. The first-order chi connectivity index (χ1) is 5.88. The van der Waals surface area contributed by atoms with Gasteiger partial charge in [-0.05, 0) is 13.8 Å². The summed E-state index contributed by atoms with van der Waals surface area (Å²) >= 11 is 0. The van der Waals surface area contributed by atoms with Crippen LogP contribution < -0.4 is 16.6 Å². The second kappa shape index (κ2) is 4.90. The number of hydrazine groups is 1. The van der Waals surface area contributed by atoms with E-state index in [1.54, 1.807) is 0 Å². The van der Waals surface area contributed by atoms with Crippen molar-refractivity contribution in [3.8, 4) is 0 Å². The van der Waals surface area contributed by atoms with Crippen molar-refractivity contribution in [1.82, 2.24) is 10.7 Å². The molecule has 0 aromatic heterocycles. The summed E-state index contributed by atoms with van der Waals surface area (Å²) in [6.45, 7) is 2.68. The standard InChI is InChI=1S/C7H15N3O3/c1-7(2,13)5(11)3-9-4-6(12)10-8/h9,13H,3-4,8H2,1-2H3,(H,10,12). The minimum absolute atomic E-state index is 0.0433. The topological polar surface area (TPSA) is 104 Å². The number of rotatable bonds is 5. The average Bonchev–Trinajstić information content (AvgIpc) is 2.02. The number of carbonyl (C=O) groups excluding carboxylic acids is 2. The van der Waals surface area contributed by atoms with Gasteiger partial charge in [0.05, 0.1) is 13.1 Å². The zero-order valence-electron chi connectivity index (χ0n) is 7.76. The van der Waals surface area contributed by atoms with Crippen molar-refractivity contribution in [2.45, 2.75) is 19.4 Å². The Morgan fingerprint density at radius 3 is 2.31 bits per heavy atom. The molecular weight excluding hydrogens is 174 g/mol. The molecule has 5 N–H and O–H groups in total. The van der Waals surface area contributed by atoms with Crippen molar-refractivity contribution in [3.05, 3.63) is 0 Å². The van der Waals surface area contributed by atoms with Gasteiger partial charge in [0, 0.05) is 0 Å². The molecular formula is C7H15N3O3. The highest BCUT2D eigenvalue weighted by molar-refractivity contribution is 5.88. The van der Waals surface area contributed by atoms with Crippen LogP contribution in [-0.2, 0) is 9.59 Å². The van der Waals surface area contributed by atoms with Crippen molar-refractivity contribution in [1.29, 1.82) is 0 Å². The Balaban J connectivity index is 3.67. The molecule has 0 rings (SSSR count). The number of hydrogen-bond donors (Lipinski definition) is 4. The summed E-state index contributed by atoms with van der Waals surface area (Å²) in [4.78, 5) is 21.6. The van der Waals surface area contributed by atoms with Gasteiger partial charge in [0.25, 0.3) is 0 Å². The summed E-state index contributed by atoms with van der Waals surface area (Å²) in [5.74, 6) is 4.01. The van der Waals surface area contributed by atoms with E-state index in [0.29, 0.717) is 0 Å². The van der Waals surface area contributed by atoms with E-state index >= 15 is 0 Å². The first kappa shape index (κ1) is 12.0. The van der Waals surface area contributed by atoms with Crippen LogP contribution in [0.25, 0.3) is 0 Å². The Kier molecular flexibility index (Phi) is 4.53. The maximum atomic E-state index is 11.1. The molecule has 0 bridgehead atoms. The molecule has 6 nitrogen and oxygen atoms in total. The van der Waals surface area contributed by atoms with Gasteiger partial charge in [-0.1, -0.05) is 0 Å². The summed E-state index contributed by atoms with van der Waals surface area (Å²) in [6.07, 6.45) is 0. The average molecular weight is 189 g/mol. The van der Waals surface area contributed by atoms with Crippen LogP contribution in [0.15, 0.2) is 0 Å². The molecule has 0 atom stereocenters. The molecule has 0 aliphatic heterocycles. The van der Waals surface area contributed by atoms with E-state index in [2.05, 4.69) is 5.32 Å². The lowest BCUT2D eigenvalue weighted by Crippen LogP contribution is -2.43. The van der Waals surface area contributed by atoms with Crippen molar-refractivity contribution >= 4 is 11.7 Å². The van der Waals surface area contributed by atoms with E-state index in [4.69, 9.17) is 5.84 Å². The van der Waals surface area contributed by atoms with Crippen LogP contribution in [0.3, 0.4) is 0 Å². The van der Waals surface area contributed by atoms with Crippen LogP contribution >= 0.6 is 0 Å². The molecule has 0 aromatic rings. The van der Waals surface area contributed by atoms with Crippen molar-refractivity contribution < 1.29 is 14.7 Å². The minimum Gasteiger partial charge on any atom is -0.383 e. The third-order valence-electron chi connectivity index (χ3n) is 1.41. The number of amides is 1. The molecule has 0 heterocycles. The Labute approximate surface area is 76.5 Å². The maximum Gasteiger partial charge on any atom is 0.247 e.